The fourth-order valence-corrected chi connectivity index (χ4v) is 1.43. The molecule has 0 aliphatic carbocycles. The highest BCUT2D eigenvalue weighted by Gasteiger charge is 2.10. The van der Waals surface area contributed by atoms with Crippen LogP contribution >= 0.6 is 12.6 Å². The van der Waals surface area contributed by atoms with Crippen LogP contribution in [0.1, 0.15) is 5.56 Å². The number of benzene rings is 1. The van der Waals surface area contributed by atoms with Crippen molar-refractivity contribution in [2.45, 2.75) is 12.5 Å². The van der Waals surface area contributed by atoms with Gasteiger partial charge in [0.05, 0.1) is 6.04 Å². The second-order valence-electron chi connectivity index (χ2n) is 3.65. The lowest BCUT2D eigenvalue weighted by molar-refractivity contribution is -0.121. The lowest BCUT2D eigenvalue weighted by Crippen LogP contribution is -2.42. The van der Waals surface area contributed by atoms with E-state index in [1.165, 1.54) is 12.1 Å². The molecule has 5 N–H and O–H groups in total. The topological polar surface area (TPSA) is 95.6 Å². The molecule has 0 spiro atoms. The Morgan fingerprint density at radius 2 is 2.12 bits per heavy atom. The zero-order chi connectivity index (χ0) is 12.8. The third-order valence-electron chi connectivity index (χ3n) is 2.29. The maximum atomic E-state index is 11.3. The summed E-state index contributed by atoms with van der Waals surface area (Å²) in [5.74, 6) is -0.273. The predicted octanol–water partition coefficient (Wildman–Crippen LogP) is 0.0136. The van der Waals surface area contributed by atoms with Crippen LogP contribution in [0.4, 0.5) is 0 Å². The van der Waals surface area contributed by atoms with Crippen molar-refractivity contribution in [3.05, 3.63) is 23.8 Å². The van der Waals surface area contributed by atoms with Crippen LogP contribution in [-0.2, 0) is 11.2 Å². The molecule has 17 heavy (non-hydrogen) atoms. The Bertz CT molecular complexity index is 398. The van der Waals surface area contributed by atoms with Gasteiger partial charge in [-0.2, -0.15) is 12.6 Å². The van der Waals surface area contributed by atoms with Crippen molar-refractivity contribution in [1.29, 1.82) is 0 Å². The monoisotopic (exact) mass is 256 g/mol. The molecule has 1 aromatic carbocycles. The van der Waals surface area contributed by atoms with Gasteiger partial charge in [-0.05, 0) is 24.1 Å². The Morgan fingerprint density at radius 1 is 1.41 bits per heavy atom. The van der Waals surface area contributed by atoms with Crippen LogP contribution in [0, 0.1) is 0 Å². The molecule has 1 rings (SSSR count). The molecule has 1 amide bonds. The Hall–Kier alpha value is -1.40. The lowest BCUT2D eigenvalue weighted by atomic mass is 10.1. The summed E-state index contributed by atoms with van der Waals surface area (Å²) in [6.07, 6.45) is 0.554. The van der Waals surface area contributed by atoms with E-state index < -0.39 is 6.04 Å². The van der Waals surface area contributed by atoms with Gasteiger partial charge in [-0.25, -0.2) is 0 Å². The minimum Gasteiger partial charge on any atom is -0.504 e. The van der Waals surface area contributed by atoms with Crippen molar-refractivity contribution in [3.63, 3.8) is 0 Å². The fraction of sp³-hybridized carbons (Fsp3) is 0.364. The zero-order valence-corrected chi connectivity index (χ0v) is 10.2. The van der Waals surface area contributed by atoms with Gasteiger partial charge in [0.2, 0.25) is 5.91 Å². The first-order chi connectivity index (χ1) is 8.04. The highest BCUT2D eigenvalue weighted by Crippen LogP contribution is 2.24. The van der Waals surface area contributed by atoms with Crippen molar-refractivity contribution in [1.82, 2.24) is 5.32 Å². The maximum absolute atomic E-state index is 11.3. The van der Waals surface area contributed by atoms with Crippen molar-refractivity contribution in [3.8, 4) is 11.5 Å². The first-order valence-electron chi connectivity index (χ1n) is 5.19. The summed E-state index contributed by atoms with van der Waals surface area (Å²) in [6, 6.07) is 3.94. The third kappa shape index (κ3) is 4.16. The zero-order valence-electron chi connectivity index (χ0n) is 9.26. The number of carbonyl (C=O) groups excluding carboxylic acids is 1. The molecule has 94 valence electrons. The summed E-state index contributed by atoms with van der Waals surface area (Å²) in [5, 5.41) is 21.0. The van der Waals surface area contributed by atoms with Gasteiger partial charge in [0.15, 0.2) is 11.5 Å². The molecule has 5 nitrogen and oxygen atoms in total. The van der Waals surface area contributed by atoms with E-state index in [4.69, 9.17) is 10.8 Å². The highest BCUT2D eigenvalue weighted by molar-refractivity contribution is 7.80. The number of hydrogen-bond donors (Lipinski definition) is 5. The summed E-state index contributed by atoms with van der Waals surface area (Å²) in [7, 11) is 0. The largest absolute Gasteiger partial charge is 0.504 e. The van der Waals surface area contributed by atoms with Gasteiger partial charge in [0, 0.05) is 12.3 Å². The van der Waals surface area contributed by atoms with Crippen molar-refractivity contribution in [2.24, 2.45) is 5.73 Å². The van der Waals surface area contributed by atoms with Crippen molar-refractivity contribution in [2.75, 3.05) is 12.3 Å². The van der Waals surface area contributed by atoms with E-state index in [9.17, 15) is 9.90 Å². The quantitative estimate of drug-likeness (QED) is 0.379. The number of amides is 1. The number of nitrogens with two attached hydrogens (primary N) is 1. The normalized spacial score (nSPS) is 12.1. The van der Waals surface area contributed by atoms with Gasteiger partial charge in [-0.15, -0.1) is 0 Å². The van der Waals surface area contributed by atoms with Gasteiger partial charge in [-0.3, -0.25) is 4.79 Å². The molecular weight excluding hydrogens is 240 g/mol. The SMILES string of the molecule is NC(CS)C(=O)NCCc1ccc(O)c(O)c1. The first kappa shape index (κ1) is 13.7. The lowest BCUT2D eigenvalue weighted by Gasteiger charge is -2.09. The molecule has 1 atom stereocenters. The number of carbonyl (C=O) groups is 1. The number of hydrogen-bond acceptors (Lipinski definition) is 5. The van der Waals surface area contributed by atoms with Crippen LogP contribution < -0.4 is 11.1 Å². The van der Waals surface area contributed by atoms with Gasteiger partial charge >= 0.3 is 0 Å². The smallest absolute Gasteiger partial charge is 0.237 e. The molecule has 0 aliphatic heterocycles. The molecule has 0 saturated heterocycles. The first-order valence-corrected chi connectivity index (χ1v) is 5.83. The van der Waals surface area contributed by atoms with Gasteiger partial charge in [-0.1, -0.05) is 6.07 Å². The average Bonchev–Trinajstić information content (AvgIpc) is 2.32. The van der Waals surface area contributed by atoms with E-state index in [2.05, 4.69) is 17.9 Å². The average molecular weight is 256 g/mol. The molecule has 0 bridgehead atoms. The second kappa shape index (κ2) is 6.36. The van der Waals surface area contributed by atoms with Gasteiger partial charge in [0.25, 0.3) is 0 Å². The Morgan fingerprint density at radius 3 is 2.71 bits per heavy atom. The van der Waals surface area contributed by atoms with E-state index in [1.807, 2.05) is 0 Å². The molecule has 0 radical (unpaired) electrons. The van der Waals surface area contributed by atoms with Crippen LogP contribution in [0.15, 0.2) is 18.2 Å². The molecular formula is C11H16N2O3S. The van der Waals surface area contributed by atoms with Crippen LogP contribution in [0.2, 0.25) is 0 Å². The molecule has 1 unspecified atom stereocenters. The minimum atomic E-state index is -0.605. The molecule has 0 fully saturated rings. The summed E-state index contributed by atoms with van der Waals surface area (Å²) in [6.45, 7) is 0.421. The second-order valence-corrected chi connectivity index (χ2v) is 4.02. The highest BCUT2D eigenvalue weighted by atomic mass is 32.1. The van der Waals surface area contributed by atoms with E-state index in [-0.39, 0.29) is 17.4 Å². The van der Waals surface area contributed by atoms with E-state index in [0.29, 0.717) is 18.7 Å². The van der Waals surface area contributed by atoms with Crippen molar-refractivity contribution < 1.29 is 15.0 Å². The molecule has 0 aromatic heterocycles. The number of nitrogens with one attached hydrogen (secondary N) is 1. The predicted molar refractivity (Wildman–Crippen MR) is 68.3 cm³/mol. The number of phenols is 2. The standard InChI is InChI=1S/C11H16N2O3S/c12-8(6-17)11(16)13-4-3-7-1-2-9(14)10(15)5-7/h1-2,5,8,14-15,17H,3-4,6,12H2,(H,13,16). The van der Waals surface area contributed by atoms with Crippen LogP contribution in [0.5, 0.6) is 11.5 Å². The Kier molecular flexibility index (Phi) is 5.11. The van der Waals surface area contributed by atoms with Gasteiger partial charge in [0.1, 0.15) is 0 Å². The number of phenolic OH excluding ortho intramolecular Hbond substituents is 2. The molecule has 6 heteroatoms. The number of aromatic hydroxyl groups is 2. The van der Waals surface area contributed by atoms with Gasteiger partial charge < -0.3 is 21.3 Å². The number of rotatable bonds is 5. The Labute approximate surface area is 105 Å². The minimum absolute atomic E-state index is 0.158. The molecule has 0 aliphatic rings. The summed E-state index contributed by atoms with van der Waals surface area (Å²) >= 11 is 3.92. The fourth-order valence-electron chi connectivity index (χ4n) is 1.27. The van der Waals surface area contributed by atoms with E-state index >= 15 is 0 Å². The summed E-state index contributed by atoms with van der Waals surface area (Å²) in [4.78, 5) is 11.3. The van der Waals surface area contributed by atoms with Crippen LogP contribution in [0.25, 0.3) is 0 Å². The van der Waals surface area contributed by atoms with Crippen molar-refractivity contribution >= 4 is 18.5 Å². The van der Waals surface area contributed by atoms with Crippen LogP contribution in [0.3, 0.4) is 0 Å². The summed E-state index contributed by atoms with van der Waals surface area (Å²) in [5.41, 5.74) is 6.30. The van der Waals surface area contributed by atoms with E-state index in [0.717, 1.165) is 5.56 Å². The van der Waals surface area contributed by atoms with Crippen LogP contribution in [-0.4, -0.2) is 34.5 Å². The third-order valence-corrected chi connectivity index (χ3v) is 2.68. The molecule has 1 aromatic rings. The number of thiol groups is 1. The molecule has 0 heterocycles. The molecule has 0 saturated carbocycles. The maximum Gasteiger partial charge on any atom is 0.237 e. The Balaban J connectivity index is 2.41. The summed E-state index contributed by atoms with van der Waals surface area (Å²) < 4.78 is 0. The van der Waals surface area contributed by atoms with E-state index in [1.54, 1.807) is 6.07 Å².